The van der Waals surface area contributed by atoms with Crippen molar-refractivity contribution in [3.8, 4) is 0 Å². The van der Waals surface area contributed by atoms with Gasteiger partial charge in [-0.1, -0.05) is 90.5 Å². The molecule has 0 saturated carbocycles. The van der Waals surface area contributed by atoms with E-state index >= 15 is 0 Å². The molecule has 0 aromatic heterocycles. The summed E-state index contributed by atoms with van der Waals surface area (Å²) in [5, 5.41) is 5.68. The summed E-state index contributed by atoms with van der Waals surface area (Å²) in [6.07, 6.45) is 0.280. The van der Waals surface area contributed by atoms with Gasteiger partial charge in [0.1, 0.15) is 0 Å². The minimum atomic E-state index is -0.416. The number of Topliss-reactive ketones (excluding diaryl/α,β-unsaturated/α-hetero) is 1. The van der Waals surface area contributed by atoms with E-state index in [4.69, 9.17) is 0 Å². The molecule has 0 atom stereocenters. The van der Waals surface area contributed by atoms with Crippen LogP contribution in [0.2, 0.25) is 0 Å². The number of hydrogen-bond acceptors (Lipinski definition) is 3. The maximum atomic E-state index is 12.9. The molecular weight excluding hydrogens is 400 g/mol. The molecule has 3 rings (SSSR count). The summed E-state index contributed by atoms with van der Waals surface area (Å²) in [7, 11) is 0. The van der Waals surface area contributed by atoms with Crippen LogP contribution in [0.5, 0.6) is 0 Å². The normalized spacial score (nSPS) is 10.6. The molecule has 0 spiro atoms. The van der Waals surface area contributed by atoms with Crippen LogP contribution in [0.4, 0.5) is 0 Å². The summed E-state index contributed by atoms with van der Waals surface area (Å²) in [4.78, 5) is 37.2. The molecule has 5 heteroatoms. The Bertz CT molecular complexity index is 992. The number of amides is 2. The monoisotopic (exact) mass is 428 g/mol. The second-order valence-corrected chi connectivity index (χ2v) is 7.68. The average Bonchev–Trinajstić information content (AvgIpc) is 2.82. The molecule has 0 radical (unpaired) electrons. The fourth-order valence-corrected chi connectivity index (χ4v) is 3.48. The molecule has 0 aliphatic carbocycles. The summed E-state index contributed by atoms with van der Waals surface area (Å²) in [5.74, 6) is -0.796. The van der Waals surface area contributed by atoms with Gasteiger partial charge >= 0.3 is 0 Å². The van der Waals surface area contributed by atoms with Crippen molar-refractivity contribution in [1.82, 2.24) is 10.6 Å². The highest BCUT2D eigenvalue weighted by molar-refractivity contribution is 5.98. The molecule has 164 valence electrons. The highest BCUT2D eigenvalue weighted by Crippen LogP contribution is 2.24. The number of carbonyl (C=O) groups excluding carboxylic acids is 3. The van der Waals surface area contributed by atoms with Crippen LogP contribution in [-0.4, -0.2) is 30.7 Å². The van der Waals surface area contributed by atoms with Gasteiger partial charge in [-0.05, 0) is 18.1 Å². The zero-order valence-electron chi connectivity index (χ0n) is 18.2. The van der Waals surface area contributed by atoms with E-state index in [0.29, 0.717) is 18.7 Å². The molecule has 0 unspecified atom stereocenters. The standard InChI is InChI=1S/C27H28N2O3/c1-20-12-14-21(15-13-20)24(30)16-17-25(31)28-18-19-29-27(32)26(22-8-4-2-5-9-22)23-10-6-3-7-11-23/h2-15,26H,16-19H2,1H3,(H,28,31)(H,29,32). The Morgan fingerprint density at radius 3 is 1.78 bits per heavy atom. The highest BCUT2D eigenvalue weighted by Gasteiger charge is 2.22. The summed E-state index contributed by atoms with van der Waals surface area (Å²) < 4.78 is 0. The Morgan fingerprint density at radius 1 is 0.688 bits per heavy atom. The average molecular weight is 429 g/mol. The van der Waals surface area contributed by atoms with Crippen molar-refractivity contribution >= 4 is 17.6 Å². The van der Waals surface area contributed by atoms with Crippen molar-refractivity contribution < 1.29 is 14.4 Å². The predicted octanol–water partition coefficient (Wildman–Crippen LogP) is 4.02. The van der Waals surface area contributed by atoms with E-state index < -0.39 is 5.92 Å². The summed E-state index contributed by atoms with van der Waals surface area (Å²) in [5.41, 5.74) is 3.52. The molecule has 0 saturated heterocycles. The van der Waals surface area contributed by atoms with Crippen LogP contribution < -0.4 is 10.6 Å². The summed E-state index contributed by atoms with van der Waals surface area (Å²) in [6.45, 7) is 2.58. The van der Waals surface area contributed by atoms with Crippen LogP contribution in [0, 0.1) is 6.92 Å². The molecule has 0 aliphatic rings. The molecule has 0 aliphatic heterocycles. The lowest BCUT2D eigenvalue weighted by atomic mass is 9.90. The van der Waals surface area contributed by atoms with E-state index in [0.717, 1.165) is 16.7 Å². The topological polar surface area (TPSA) is 75.3 Å². The zero-order valence-corrected chi connectivity index (χ0v) is 18.2. The van der Waals surface area contributed by atoms with Gasteiger partial charge < -0.3 is 10.6 Å². The number of benzene rings is 3. The van der Waals surface area contributed by atoms with Crippen molar-refractivity contribution in [2.24, 2.45) is 0 Å². The van der Waals surface area contributed by atoms with Crippen molar-refractivity contribution in [1.29, 1.82) is 0 Å². The van der Waals surface area contributed by atoms with Crippen molar-refractivity contribution in [2.45, 2.75) is 25.7 Å². The first-order valence-electron chi connectivity index (χ1n) is 10.8. The zero-order chi connectivity index (χ0) is 22.8. The minimum absolute atomic E-state index is 0.0537. The minimum Gasteiger partial charge on any atom is -0.354 e. The van der Waals surface area contributed by atoms with Gasteiger partial charge in [-0.3, -0.25) is 14.4 Å². The molecule has 0 fully saturated rings. The molecule has 0 heterocycles. The van der Waals surface area contributed by atoms with Gasteiger partial charge in [0.05, 0.1) is 5.92 Å². The largest absolute Gasteiger partial charge is 0.354 e. The van der Waals surface area contributed by atoms with E-state index in [-0.39, 0.29) is 30.4 Å². The lowest BCUT2D eigenvalue weighted by molar-refractivity contribution is -0.123. The molecular formula is C27H28N2O3. The maximum absolute atomic E-state index is 12.9. The number of ketones is 1. The summed E-state index contributed by atoms with van der Waals surface area (Å²) >= 11 is 0. The molecule has 2 N–H and O–H groups in total. The van der Waals surface area contributed by atoms with E-state index in [1.807, 2.05) is 79.7 Å². The van der Waals surface area contributed by atoms with E-state index in [1.54, 1.807) is 12.1 Å². The Morgan fingerprint density at radius 2 is 1.22 bits per heavy atom. The number of hydrogen-bond donors (Lipinski definition) is 2. The van der Waals surface area contributed by atoms with Crippen molar-refractivity contribution in [3.05, 3.63) is 107 Å². The third-order valence-electron chi connectivity index (χ3n) is 5.23. The van der Waals surface area contributed by atoms with Crippen molar-refractivity contribution in [2.75, 3.05) is 13.1 Å². The second-order valence-electron chi connectivity index (χ2n) is 7.68. The second kappa shape index (κ2) is 11.6. The van der Waals surface area contributed by atoms with Gasteiger partial charge in [0.2, 0.25) is 11.8 Å². The molecule has 3 aromatic carbocycles. The predicted molar refractivity (Wildman–Crippen MR) is 125 cm³/mol. The smallest absolute Gasteiger partial charge is 0.232 e. The first kappa shape index (κ1) is 22.9. The van der Waals surface area contributed by atoms with Crippen LogP contribution in [-0.2, 0) is 9.59 Å². The first-order chi connectivity index (χ1) is 15.5. The maximum Gasteiger partial charge on any atom is 0.232 e. The Kier molecular flexibility index (Phi) is 8.32. The van der Waals surface area contributed by atoms with Crippen LogP contribution >= 0.6 is 0 Å². The van der Waals surface area contributed by atoms with Crippen molar-refractivity contribution in [3.63, 3.8) is 0 Å². The van der Waals surface area contributed by atoms with Gasteiger partial charge in [0.25, 0.3) is 0 Å². The number of aryl methyl sites for hydroxylation is 1. The van der Waals surface area contributed by atoms with Gasteiger partial charge in [0.15, 0.2) is 5.78 Å². The summed E-state index contributed by atoms with van der Waals surface area (Å²) in [6, 6.07) is 26.6. The Hall–Kier alpha value is -3.73. The first-order valence-corrected chi connectivity index (χ1v) is 10.8. The quantitative estimate of drug-likeness (QED) is 0.378. The highest BCUT2D eigenvalue weighted by atomic mass is 16.2. The lowest BCUT2D eigenvalue weighted by Crippen LogP contribution is -2.37. The third-order valence-corrected chi connectivity index (χ3v) is 5.23. The van der Waals surface area contributed by atoms with Gasteiger partial charge in [0, 0.05) is 31.5 Å². The van der Waals surface area contributed by atoms with E-state index in [2.05, 4.69) is 10.6 Å². The van der Waals surface area contributed by atoms with Crippen LogP contribution in [0.1, 0.15) is 45.8 Å². The van der Waals surface area contributed by atoms with Gasteiger partial charge in [-0.2, -0.15) is 0 Å². The third kappa shape index (κ3) is 6.64. The lowest BCUT2D eigenvalue weighted by Gasteiger charge is -2.18. The van der Waals surface area contributed by atoms with Crippen LogP contribution in [0.15, 0.2) is 84.9 Å². The number of rotatable bonds is 10. The van der Waals surface area contributed by atoms with Crippen LogP contribution in [0.25, 0.3) is 0 Å². The Balaban J connectivity index is 1.45. The molecule has 2 amide bonds. The number of nitrogens with one attached hydrogen (secondary N) is 2. The fraction of sp³-hybridized carbons (Fsp3) is 0.222. The molecule has 5 nitrogen and oxygen atoms in total. The van der Waals surface area contributed by atoms with Gasteiger partial charge in [-0.15, -0.1) is 0 Å². The number of carbonyl (C=O) groups is 3. The van der Waals surface area contributed by atoms with E-state index in [1.165, 1.54) is 0 Å². The molecule has 32 heavy (non-hydrogen) atoms. The molecule has 3 aromatic rings. The fourth-order valence-electron chi connectivity index (χ4n) is 3.48. The van der Waals surface area contributed by atoms with Crippen LogP contribution in [0.3, 0.4) is 0 Å². The van der Waals surface area contributed by atoms with E-state index in [9.17, 15) is 14.4 Å². The van der Waals surface area contributed by atoms with Gasteiger partial charge in [-0.25, -0.2) is 0 Å². The SMILES string of the molecule is Cc1ccc(C(=O)CCC(=O)NCCNC(=O)C(c2ccccc2)c2ccccc2)cc1. The Labute approximate surface area is 188 Å². The molecule has 0 bridgehead atoms.